The third-order valence-electron chi connectivity index (χ3n) is 3.21. The smallest absolute Gasteiger partial charge is 0.451 e. The van der Waals surface area contributed by atoms with E-state index < -0.39 is 36.4 Å². The maximum Gasteiger partial charge on any atom is 0.451 e. The van der Waals surface area contributed by atoms with E-state index in [0.29, 0.717) is 5.69 Å². The molecule has 28 heavy (non-hydrogen) atoms. The molecule has 0 saturated heterocycles. The summed E-state index contributed by atoms with van der Waals surface area (Å²) in [6.07, 6.45) is -3.34. The summed E-state index contributed by atoms with van der Waals surface area (Å²) in [7, 11) is 0. The van der Waals surface area contributed by atoms with Gasteiger partial charge in [0.25, 0.3) is 11.8 Å². The molecule has 0 atom stereocenters. The van der Waals surface area contributed by atoms with Gasteiger partial charge in [-0.1, -0.05) is 6.07 Å². The number of carbonyl (C=O) groups excluding carboxylic acids is 2. The first-order valence-corrected chi connectivity index (χ1v) is 7.68. The van der Waals surface area contributed by atoms with Crippen molar-refractivity contribution in [3.05, 3.63) is 54.2 Å². The van der Waals surface area contributed by atoms with Crippen LogP contribution in [0.15, 0.2) is 47.1 Å². The third-order valence-corrected chi connectivity index (χ3v) is 3.21. The molecule has 2 heterocycles. The summed E-state index contributed by atoms with van der Waals surface area (Å²) >= 11 is 0. The van der Waals surface area contributed by atoms with E-state index in [2.05, 4.69) is 20.7 Å². The number of alkyl halides is 3. The van der Waals surface area contributed by atoms with Crippen LogP contribution in [-0.4, -0.2) is 33.6 Å². The molecule has 12 heteroatoms. The molecular weight excluding hydrogens is 383 g/mol. The van der Waals surface area contributed by atoms with Crippen molar-refractivity contribution in [3.8, 4) is 5.75 Å². The van der Waals surface area contributed by atoms with Gasteiger partial charge in [-0.25, -0.2) is 0 Å². The lowest BCUT2D eigenvalue weighted by molar-refractivity contribution is -0.144. The highest BCUT2D eigenvalue weighted by Crippen LogP contribution is 2.26. The molecule has 0 saturated carbocycles. The van der Waals surface area contributed by atoms with Crippen molar-refractivity contribution in [2.75, 3.05) is 17.2 Å². The van der Waals surface area contributed by atoms with E-state index in [1.807, 2.05) is 0 Å². The molecule has 0 fully saturated rings. The van der Waals surface area contributed by atoms with Crippen LogP contribution in [0.3, 0.4) is 0 Å². The number of furan rings is 1. The molecule has 0 radical (unpaired) electrons. The van der Waals surface area contributed by atoms with E-state index in [9.17, 15) is 22.8 Å². The van der Waals surface area contributed by atoms with Crippen LogP contribution in [0.25, 0.3) is 0 Å². The fourth-order valence-electron chi connectivity index (χ4n) is 2.02. The van der Waals surface area contributed by atoms with Gasteiger partial charge in [0.2, 0.25) is 11.8 Å². The van der Waals surface area contributed by atoms with Crippen LogP contribution in [0.4, 0.5) is 24.8 Å². The lowest BCUT2D eigenvalue weighted by Gasteiger charge is -2.08. The number of nitrogens with one attached hydrogen (secondary N) is 3. The quantitative estimate of drug-likeness (QED) is 0.590. The Balaban J connectivity index is 1.53. The lowest BCUT2D eigenvalue weighted by Crippen LogP contribution is -2.21. The highest BCUT2D eigenvalue weighted by Gasteiger charge is 2.35. The second kappa shape index (κ2) is 7.82. The second-order valence-electron chi connectivity index (χ2n) is 5.30. The summed E-state index contributed by atoms with van der Waals surface area (Å²) < 4.78 is 47.5. The molecule has 0 bridgehead atoms. The maximum absolute atomic E-state index is 12.4. The van der Waals surface area contributed by atoms with Gasteiger partial charge in [-0.3, -0.25) is 20.0 Å². The molecule has 3 rings (SSSR count). The van der Waals surface area contributed by atoms with Crippen molar-refractivity contribution in [2.24, 2.45) is 0 Å². The zero-order valence-corrected chi connectivity index (χ0v) is 13.9. The fraction of sp³-hybridized carbons (Fsp3) is 0.125. The molecule has 0 aliphatic carbocycles. The number of aromatic amines is 1. The highest BCUT2D eigenvalue weighted by molar-refractivity contribution is 6.02. The van der Waals surface area contributed by atoms with Crippen LogP contribution >= 0.6 is 0 Å². The zero-order chi connectivity index (χ0) is 20.1. The summed E-state index contributed by atoms with van der Waals surface area (Å²) in [6.45, 7) is -0.508. The van der Waals surface area contributed by atoms with Crippen LogP contribution in [-0.2, 0) is 11.0 Å². The first-order chi connectivity index (χ1) is 13.3. The van der Waals surface area contributed by atoms with Crippen molar-refractivity contribution in [2.45, 2.75) is 6.18 Å². The zero-order valence-electron chi connectivity index (χ0n) is 13.9. The minimum absolute atomic E-state index is 0.121. The Morgan fingerprint density at radius 2 is 2.00 bits per heavy atom. The van der Waals surface area contributed by atoms with Gasteiger partial charge in [0.1, 0.15) is 5.75 Å². The molecular formula is C16H12F3N5O4. The average molecular weight is 395 g/mol. The van der Waals surface area contributed by atoms with E-state index >= 15 is 0 Å². The van der Waals surface area contributed by atoms with Gasteiger partial charge in [-0.2, -0.15) is 18.2 Å². The summed E-state index contributed by atoms with van der Waals surface area (Å²) in [5, 5.41) is 9.58. The predicted octanol–water partition coefficient (Wildman–Crippen LogP) is 2.69. The van der Waals surface area contributed by atoms with Gasteiger partial charge in [0.15, 0.2) is 12.4 Å². The lowest BCUT2D eigenvalue weighted by atomic mass is 10.3. The minimum Gasteiger partial charge on any atom is -0.484 e. The van der Waals surface area contributed by atoms with Crippen molar-refractivity contribution < 1.29 is 31.9 Å². The van der Waals surface area contributed by atoms with Gasteiger partial charge in [0, 0.05) is 11.8 Å². The van der Waals surface area contributed by atoms with E-state index in [0.717, 1.165) is 0 Å². The van der Waals surface area contributed by atoms with Crippen LogP contribution in [0.1, 0.15) is 16.4 Å². The first kappa shape index (κ1) is 18.9. The SMILES string of the molecule is O=C(COc1cccc(NC(=O)c2ccco2)c1)Nc1n[nH]c(C(F)(F)F)n1. The fourth-order valence-corrected chi connectivity index (χ4v) is 2.02. The molecule has 2 aromatic heterocycles. The van der Waals surface area contributed by atoms with E-state index in [-0.39, 0.29) is 11.5 Å². The predicted molar refractivity (Wildman–Crippen MR) is 88.6 cm³/mol. The Kier molecular flexibility index (Phi) is 5.29. The van der Waals surface area contributed by atoms with Crippen LogP contribution in [0.2, 0.25) is 0 Å². The molecule has 146 valence electrons. The molecule has 0 unspecified atom stereocenters. The topological polar surface area (TPSA) is 122 Å². The van der Waals surface area contributed by atoms with Crippen molar-refractivity contribution in [1.82, 2.24) is 15.2 Å². The number of H-pyrrole nitrogens is 1. The van der Waals surface area contributed by atoms with Crippen molar-refractivity contribution in [3.63, 3.8) is 0 Å². The van der Waals surface area contributed by atoms with Crippen molar-refractivity contribution >= 4 is 23.5 Å². The molecule has 3 N–H and O–H groups in total. The molecule has 1 aromatic carbocycles. The standard InChI is InChI=1S/C16H12F3N5O4/c17-16(18,19)14-22-15(24-23-14)21-12(25)8-28-10-4-1-3-9(7-10)20-13(26)11-5-2-6-27-11/h1-7H,8H2,(H,20,26)(H2,21,22,23,24,25). The van der Waals surface area contributed by atoms with Gasteiger partial charge < -0.3 is 14.5 Å². The van der Waals surface area contributed by atoms with E-state index in [1.165, 1.54) is 24.5 Å². The summed E-state index contributed by atoms with van der Waals surface area (Å²) in [6, 6.07) is 9.23. The minimum atomic E-state index is -4.70. The van der Waals surface area contributed by atoms with E-state index in [4.69, 9.17) is 9.15 Å². The van der Waals surface area contributed by atoms with Gasteiger partial charge in [-0.05, 0) is 24.3 Å². The number of hydrogen-bond acceptors (Lipinski definition) is 6. The number of anilines is 2. The Hall–Kier alpha value is -3.83. The number of nitrogens with zero attached hydrogens (tertiary/aromatic N) is 2. The summed E-state index contributed by atoms with van der Waals surface area (Å²) in [5.41, 5.74) is 0.392. The Bertz CT molecular complexity index is 969. The van der Waals surface area contributed by atoms with Gasteiger partial charge >= 0.3 is 6.18 Å². The number of rotatable bonds is 6. The van der Waals surface area contributed by atoms with Gasteiger partial charge in [-0.15, -0.1) is 5.10 Å². The third kappa shape index (κ3) is 4.87. The van der Waals surface area contributed by atoms with Crippen LogP contribution in [0.5, 0.6) is 5.75 Å². The number of halogens is 3. The normalized spacial score (nSPS) is 11.1. The van der Waals surface area contributed by atoms with E-state index in [1.54, 1.807) is 23.3 Å². The molecule has 0 spiro atoms. The number of carbonyl (C=O) groups is 2. The maximum atomic E-state index is 12.4. The molecule has 9 nitrogen and oxygen atoms in total. The van der Waals surface area contributed by atoms with Crippen LogP contribution < -0.4 is 15.4 Å². The average Bonchev–Trinajstić information content (AvgIpc) is 3.32. The van der Waals surface area contributed by atoms with Crippen LogP contribution in [0, 0.1) is 0 Å². The van der Waals surface area contributed by atoms with Crippen molar-refractivity contribution in [1.29, 1.82) is 0 Å². The number of hydrogen-bond donors (Lipinski definition) is 3. The second-order valence-corrected chi connectivity index (χ2v) is 5.30. The summed E-state index contributed by atoms with van der Waals surface area (Å²) in [5.74, 6) is -2.72. The monoisotopic (exact) mass is 395 g/mol. The molecule has 3 aromatic rings. The van der Waals surface area contributed by atoms with Gasteiger partial charge in [0.05, 0.1) is 6.26 Å². The number of ether oxygens (including phenoxy) is 1. The Morgan fingerprint density at radius 3 is 2.68 bits per heavy atom. The molecule has 0 aliphatic heterocycles. The largest absolute Gasteiger partial charge is 0.484 e. The summed E-state index contributed by atoms with van der Waals surface area (Å²) in [4.78, 5) is 26.8. The first-order valence-electron chi connectivity index (χ1n) is 7.68. The molecule has 0 aliphatic rings. The Morgan fingerprint density at radius 1 is 1.18 bits per heavy atom. The number of amides is 2. The number of aromatic nitrogens is 3. The highest BCUT2D eigenvalue weighted by atomic mass is 19.4. The molecule has 2 amide bonds. The Labute approximate surface area is 154 Å². The number of benzene rings is 1.